The molecule has 0 unspecified atom stereocenters. The molecule has 2 aromatic carbocycles. The molecule has 0 saturated carbocycles. The Labute approximate surface area is 222 Å². The highest BCUT2D eigenvalue weighted by Gasteiger charge is 2.21. The highest BCUT2D eigenvalue weighted by Crippen LogP contribution is 2.37. The van der Waals surface area contributed by atoms with Crippen LogP contribution in [0.5, 0.6) is 11.8 Å². The summed E-state index contributed by atoms with van der Waals surface area (Å²) >= 11 is 6.62. The van der Waals surface area contributed by atoms with Gasteiger partial charge in [-0.15, -0.1) is 0 Å². The number of ether oxygens (including phenoxy) is 1. The highest BCUT2D eigenvalue weighted by atomic mass is 35.5. The van der Waals surface area contributed by atoms with Gasteiger partial charge in [0.05, 0.1) is 29.4 Å². The lowest BCUT2D eigenvalue weighted by Crippen LogP contribution is -2.50. The third kappa shape index (κ3) is 4.47. The number of piperazine rings is 1. The van der Waals surface area contributed by atoms with Crippen molar-refractivity contribution in [3.8, 4) is 29.0 Å². The van der Waals surface area contributed by atoms with Gasteiger partial charge in [-0.1, -0.05) is 11.6 Å². The van der Waals surface area contributed by atoms with Crippen molar-refractivity contribution in [2.24, 2.45) is 0 Å². The summed E-state index contributed by atoms with van der Waals surface area (Å²) < 4.78 is 23.1. The molecule has 0 aliphatic carbocycles. The maximum absolute atomic E-state index is 15.4. The number of aromatic nitrogens is 5. The smallest absolute Gasteiger partial charge is 0.322 e. The predicted molar refractivity (Wildman–Crippen MR) is 142 cm³/mol. The topological polar surface area (TPSA) is 96.0 Å². The van der Waals surface area contributed by atoms with Gasteiger partial charge in [0, 0.05) is 66.7 Å². The molecule has 9 nitrogen and oxygen atoms in total. The van der Waals surface area contributed by atoms with Crippen LogP contribution in [0.2, 0.25) is 5.02 Å². The van der Waals surface area contributed by atoms with Crippen molar-refractivity contribution in [2.45, 2.75) is 6.92 Å². The monoisotopic (exact) mass is 528 g/mol. The summed E-state index contributed by atoms with van der Waals surface area (Å²) in [5.41, 5.74) is 3.73. The predicted octanol–water partition coefficient (Wildman–Crippen LogP) is 4.71. The molecule has 38 heavy (non-hydrogen) atoms. The molecule has 0 bridgehead atoms. The van der Waals surface area contributed by atoms with Gasteiger partial charge in [-0.25, -0.2) is 24.0 Å². The zero-order valence-corrected chi connectivity index (χ0v) is 21.2. The van der Waals surface area contributed by atoms with E-state index in [1.165, 1.54) is 6.07 Å². The van der Waals surface area contributed by atoms with E-state index in [1.54, 1.807) is 49.1 Å². The first-order valence-electron chi connectivity index (χ1n) is 12.1. The Bertz CT molecular complexity index is 1710. The van der Waals surface area contributed by atoms with Crippen molar-refractivity contribution in [3.63, 3.8) is 0 Å². The summed E-state index contributed by atoms with van der Waals surface area (Å²) in [4.78, 5) is 19.4. The Morgan fingerprint density at radius 3 is 2.63 bits per heavy atom. The molecule has 0 N–H and O–H groups in total. The third-order valence-corrected chi connectivity index (χ3v) is 6.92. The lowest BCUT2D eigenvalue weighted by atomic mass is 10.0. The Morgan fingerprint density at radius 1 is 1.03 bits per heavy atom. The average molecular weight is 529 g/mol. The van der Waals surface area contributed by atoms with Crippen LogP contribution in [0.4, 0.5) is 4.39 Å². The van der Waals surface area contributed by atoms with Gasteiger partial charge in [0.2, 0.25) is 0 Å². The van der Waals surface area contributed by atoms with Crippen LogP contribution in [0, 0.1) is 24.1 Å². The number of aryl methyl sites for hydroxylation is 1. The van der Waals surface area contributed by atoms with Crippen molar-refractivity contribution in [1.82, 2.24) is 29.5 Å². The molecule has 1 aliphatic heterocycles. The number of benzene rings is 2. The molecule has 1 fully saturated rings. The summed E-state index contributed by atoms with van der Waals surface area (Å²) in [6, 6.07) is 12.4. The average Bonchev–Trinajstić information content (AvgIpc) is 3.34. The zero-order valence-electron chi connectivity index (χ0n) is 20.5. The Morgan fingerprint density at radius 2 is 1.87 bits per heavy atom. The summed E-state index contributed by atoms with van der Waals surface area (Å²) in [5.74, 6) is 0.0151. The Kier molecular flexibility index (Phi) is 6.23. The fourth-order valence-corrected chi connectivity index (χ4v) is 4.96. The molecular weight excluding hydrogens is 507 g/mol. The first kappa shape index (κ1) is 24.0. The SMILES string of the molecule is Cc1ccnc(Oc2ccc(-c3cc4c(cc3F)ncc3ncn(N5CCN(CC#N)CC5)c34)c(Cl)c2)n1. The number of imidazole rings is 1. The molecule has 0 radical (unpaired) electrons. The second-order valence-corrected chi connectivity index (χ2v) is 9.45. The number of halogens is 2. The van der Waals surface area contributed by atoms with Crippen LogP contribution < -0.4 is 9.75 Å². The van der Waals surface area contributed by atoms with Gasteiger partial charge in [-0.3, -0.25) is 9.88 Å². The van der Waals surface area contributed by atoms with Gasteiger partial charge in [0.15, 0.2) is 0 Å². The lowest BCUT2D eigenvalue weighted by Gasteiger charge is -2.35. The van der Waals surface area contributed by atoms with Gasteiger partial charge in [-0.2, -0.15) is 5.26 Å². The number of rotatable bonds is 5. The van der Waals surface area contributed by atoms with Crippen LogP contribution in [-0.2, 0) is 0 Å². The van der Waals surface area contributed by atoms with Gasteiger partial charge in [0.25, 0.3) is 0 Å². The summed E-state index contributed by atoms with van der Waals surface area (Å²) in [5, 5.41) is 12.3. The van der Waals surface area contributed by atoms with Gasteiger partial charge < -0.3 is 9.75 Å². The lowest BCUT2D eigenvalue weighted by molar-refractivity contribution is 0.267. The normalized spacial score (nSPS) is 14.2. The molecule has 0 amide bonds. The maximum Gasteiger partial charge on any atom is 0.322 e. The standard InChI is InChI=1S/C27H22ClFN8O/c1-17-4-6-31-27(34-17)38-18-2-3-19(22(28)12-18)20-13-21-24(14-23(20)29)32-15-25-26(21)37(16-33-25)36-10-8-35(7-5-30)9-11-36/h2-4,6,12-16H,7-11H2,1H3. The molecule has 3 aromatic heterocycles. The first-order valence-corrected chi connectivity index (χ1v) is 12.5. The van der Waals surface area contributed by atoms with E-state index < -0.39 is 5.82 Å². The summed E-state index contributed by atoms with van der Waals surface area (Å²) in [7, 11) is 0. The van der Waals surface area contributed by atoms with E-state index in [9.17, 15) is 0 Å². The van der Waals surface area contributed by atoms with E-state index in [0.717, 1.165) is 42.8 Å². The van der Waals surface area contributed by atoms with Crippen molar-refractivity contribution < 1.29 is 9.13 Å². The van der Waals surface area contributed by atoms with E-state index in [-0.39, 0.29) is 6.01 Å². The molecule has 1 saturated heterocycles. The highest BCUT2D eigenvalue weighted by molar-refractivity contribution is 6.33. The van der Waals surface area contributed by atoms with Crippen LogP contribution in [0.15, 0.2) is 55.1 Å². The van der Waals surface area contributed by atoms with E-state index in [0.29, 0.717) is 39.5 Å². The van der Waals surface area contributed by atoms with Crippen LogP contribution in [0.25, 0.3) is 33.1 Å². The van der Waals surface area contributed by atoms with Crippen molar-refractivity contribution in [1.29, 1.82) is 5.26 Å². The summed E-state index contributed by atoms with van der Waals surface area (Å²) in [6.45, 7) is 5.28. The minimum atomic E-state index is -0.432. The zero-order chi connectivity index (χ0) is 26.2. The van der Waals surface area contributed by atoms with E-state index >= 15 is 4.39 Å². The minimum Gasteiger partial charge on any atom is -0.424 e. The molecule has 190 valence electrons. The third-order valence-electron chi connectivity index (χ3n) is 6.60. The molecule has 4 heterocycles. The maximum atomic E-state index is 15.4. The Hall–Kier alpha value is -4.33. The number of pyridine rings is 1. The molecule has 11 heteroatoms. The second-order valence-electron chi connectivity index (χ2n) is 9.04. The fraction of sp³-hybridized carbons (Fsp3) is 0.222. The number of fused-ring (bicyclic) bond motifs is 3. The first-order chi connectivity index (χ1) is 18.5. The molecular formula is C27H22ClFN8O. The van der Waals surface area contributed by atoms with E-state index in [1.807, 2.05) is 11.6 Å². The number of hydrogen-bond donors (Lipinski definition) is 0. The van der Waals surface area contributed by atoms with Gasteiger partial charge in [-0.05, 0) is 31.2 Å². The molecule has 0 atom stereocenters. The Balaban J connectivity index is 1.38. The largest absolute Gasteiger partial charge is 0.424 e. The van der Waals surface area contributed by atoms with Gasteiger partial charge in [0.1, 0.15) is 28.9 Å². The van der Waals surface area contributed by atoms with Crippen LogP contribution >= 0.6 is 11.6 Å². The van der Waals surface area contributed by atoms with Crippen molar-refractivity contribution in [3.05, 3.63) is 71.7 Å². The van der Waals surface area contributed by atoms with Crippen molar-refractivity contribution >= 4 is 33.5 Å². The van der Waals surface area contributed by atoms with E-state index in [4.69, 9.17) is 21.6 Å². The van der Waals surface area contributed by atoms with Crippen LogP contribution in [0.1, 0.15) is 5.69 Å². The van der Waals surface area contributed by atoms with Crippen LogP contribution in [-0.4, -0.2) is 62.2 Å². The minimum absolute atomic E-state index is 0.209. The fourth-order valence-electron chi connectivity index (χ4n) is 4.69. The van der Waals surface area contributed by atoms with E-state index in [2.05, 4.69) is 35.9 Å². The van der Waals surface area contributed by atoms with Crippen molar-refractivity contribution in [2.75, 3.05) is 37.7 Å². The van der Waals surface area contributed by atoms with Gasteiger partial charge >= 0.3 is 6.01 Å². The molecule has 5 aromatic rings. The number of nitriles is 1. The van der Waals surface area contributed by atoms with Crippen LogP contribution in [0.3, 0.4) is 0 Å². The summed E-state index contributed by atoms with van der Waals surface area (Å²) in [6.07, 6.45) is 5.04. The molecule has 1 aliphatic rings. The second kappa shape index (κ2) is 9.85. The number of nitrogens with zero attached hydrogens (tertiary/aromatic N) is 8. The molecule has 6 rings (SSSR count). The number of hydrogen-bond acceptors (Lipinski definition) is 8. The quantitative estimate of drug-likeness (QED) is 0.303. The molecule has 0 spiro atoms.